The van der Waals surface area contributed by atoms with Gasteiger partial charge in [0.05, 0.1) is 11.6 Å². The summed E-state index contributed by atoms with van der Waals surface area (Å²) in [5.74, 6) is 0. The monoisotopic (exact) mass is 229 g/mol. The van der Waals surface area contributed by atoms with E-state index in [1.807, 2.05) is 24.4 Å². The van der Waals surface area contributed by atoms with Crippen molar-refractivity contribution in [3.63, 3.8) is 0 Å². The molecule has 1 heterocycles. The van der Waals surface area contributed by atoms with Crippen LogP contribution >= 0.6 is 11.3 Å². The Morgan fingerprint density at radius 3 is 2.81 bits per heavy atom. The lowest BCUT2D eigenvalue weighted by Gasteiger charge is -2.10. The fourth-order valence-electron chi connectivity index (χ4n) is 1.64. The number of nitrogens with zero attached hydrogens (tertiary/aromatic N) is 1. The van der Waals surface area contributed by atoms with Gasteiger partial charge < -0.3 is 5.11 Å². The van der Waals surface area contributed by atoms with Crippen molar-refractivity contribution in [3.05, 3.63) is 57.3 Å². The highest BCUT2D eigenvalue weighted by Gasteiger charge is 2.13. The van der Waals surface area contributed by atoms with E-state index in [4.69, 9.17) is 5.26 Å². The van der Waals surface area contributed by atoms with E-state index >= 15 is 0 Å². The van der Waals surface area contributed by atoms with Crippen LogP contribution in [0.3, 0.4) is 0 Å². The second-order valence-electron chi connectivity index (χ2n) is 3.57. The lowest BCUT2D eigenvalue weighted by molar-refractivity contribution is 0.220. The first-order valence-electron chi connectivity index (χ1n) is 4.94. The van der Waals surface area contributed by atoms with E-state index in [0.717, 1.165) is 16.0 Å². The molecule has 3 heteroatoms. The first kappa shape index (κ1) is 10.9. The van der Waals surface area contributed by atoms with Crippen LogP contribution in [0.25, 0.3) is 0 Å². The number of benzene rings is 1. The fourth-order valence-corrected chi connectivity index (χ4v) is 2.37. The van der Waals surface area contributed by atoms with E-state index in [1.54, 1.807) is 29.5 Å². The molecule has 2 nitrogen and oxygen atoms in total. The summed E-state index contributed by atoms with van der Waals surface area (Å²) >= 11 is 1.61. The quantitative estimate of drug-likeness (QED) is 0.860. The van der Waals surface area contributed by atoms with Crippen LogP contribution in [0, 0.1) is 18.3 Å². The van der Waals surface area contributed by atoms with Crippen molar-refractivity contribution >= 4 is 11.3 Å². The van der Waals surface area contributed by atoms with Crippen LogP contribution in [0.5, 0.6) is 0 Å². The fraction of sp³-hybridized carbons (Fsp3) is 0.154. The molecule has 1 aromatic heterocycles. The Labute approximate surface area is 98.4 Å². The van der Waals surface area contributed by atoms with Gasteiger partial charge in [-0.2, -0.15) is 5.26 Å². The number of hydrogen-bond acceptors (Lipinski definition) is 3. The second kappa shape index (κ2) is 4.48. The van der Waals surface area contributed by atoms with Gasteiger partial charge >= 0.3 is 0 Å². The van der Waals surface area contributed by atoms with Crippen LogP contribution in [-0.2, 0) is 0 Å². The molecule has 16 heavy (non-hydrogen) atoms. The van der Waals surface area contributed by atoms with Gasteiger partial charge in [0.15, 0.2) is 0 Å². The third kappa shape index (κ3) is 1.99. The third-order valence-corrected chi connectivity index (χ3v) is 3.39. The lowest BCUT2D eigenvalue weighted by Crippen LogP contribution is -1.99. The summed E-state index contributed by atoms with van der Waals surface area (Å²) in [4.78, 5) is 1.11. The second-order valence-corrected chi connectivity index (χ2v) is 4.69. The molecule has 0 fully saturated rings. The molecule has 0 aliphatic rings. The van der Waals surface area contributed by atoms with E-state index in [-0.39, 0.29) is 0 Å². The van der Waals surface area contributed by atoms with Gasteiger partial charge in [-0.25, -0.2) is 0 Å². The molecule has 0 aliphatic carbocycles. The van der Waals surface area contributed by atoms with Gasteiger partial charge in [-0.05, 0) is 41.6 Å². The van der Waals surface area contributed by atoms with Crippen molar-refractivity contribution in [2.45, 2.75) is 13.0 Å². The molecule has 1 aromatic carbocycles. The van der Waals surface area contributed by atoms with Gasteiger partial charge in [0, 0.05) is 4.88 Å². The molecule has 0 radical (unpaired) electrons. The largest absolute Gasteiger partial charge is 0.384 e. The van der Waals surface area contributed by atoms with E-state index < -0.39 is 6.10 Å². The predicted molar refractivity (Wildman–Crippen MR) is 64.3 cm³/mol. The molecular weight excluding hydrogens is 218 g/mol. The molecule has 80 valence electrons. The molecule has 0 aliphatic heterocycles. The molecule has 0 saturated carbocycles. The van der Waals surface area contributed by atoms with E-state index in [9.17, 15) is 5.11 Å². The summed E-state index contributed by atoms with van der Waals surface area (Å²) in [5, 5.41) is 20.9. The molecule has 0 saturated heterocycles. The zero-order chi connectivity index (χ0) is 11.5. The van der Waals surface area contributed by atoms with E-state index in [1.165, 1.54) is 0 Å². The van der Waals surface area contributed by atoms with Crippen LogP contribution < -0.4 is 0 Å². The summed E-state index contributed by atoms with van der Waals surface area (Å²) in [6.07, 6.45) is -0.639. The van der Waals surface area contributed by atoms with Crippen molar-refractivity contribution in [1.29, 1.82) is 5.26 Å². The number of aliphatic hydroxyl groups is 1. The molecule has 1 atom stereocenters. The molecular formula is C13H11NOS. The SMILES string of the molecule is Cc1sccc1C(O)c1cccc(C#N)c1. The highest BCUT2D eigenvalue weighted by Crippen LogP contribution is 2.28. The smallest absolute Gasteiger partial charge is 0.105 e. The van der Waals surface area contributed by atoms with Gasteiger partial charge in [-0.1, -0.05) is 12.1 Å². The zero-order valence-electron chi connectivity index (χ0n) is 8.84. The maximum atomic E-state index is 10.2. The standard InChI is InChI=1S/C13H11NOS/c1-9-12(5-6-16-9)13(15)11-4-2-3-10(7-11)8-14/h2-7,13,15H,1H3. The molecule has 1 N–H and O–H groups in total. The topological polar surface area (TPSA) is 44.0 Å². The normalized spacial score (nSPS) is 12.1. The lowest BCUT2D eigenvalue weighted by atomic mass is 10.0. The van der Waals surface area contributed by atoms with Crippen molar-refractivity contribution in [1.82, 2.24) is 0 Å². The van der Waals surface area contributed by atoms with E-state index in [2.05, 4.69) is 6.07 Å². The summed E-state index contributed by atoms with van der Waals surface area (Å²) in [6, 6.07) is 11.1. The number of nitriles is 1. The minimum Gasteiger partial charge on any atom is -0.384 e. The third-order valence-electron chi connectivity index (χ3n) is 2.52. The molecule has 0 bridgehead atoms. The Bertz CT molecular complexity index is 539. The maximum Gasteiger partial charge on any atom is 0.105 e. The van der Waals surface area contributed by atoms with Crippen LogP contribution in [0.15, 0.2) is 35.7 Å². The predicted octanol–water partition coefficient (Wildman–Crippen LogP) is 3.01. The number of rotatable bonds is 2. The van der Waals surface area contributed by atoms with Crippen LogP contribution in [0.2, 0.25) is 0 Å². The molecule has 1 unspecified atom stereocenters. The molecule has 0 spiro atoms. The minimum atomic E-state index is -0.639. The Morgan fingerprint density at radius 1 is 1.38 bits per heavy atom. The van der Waals surface area contributed by atoms with Crippen LogP contribution in [0.1, 0.15) is 27.7 Å². The Kier molecular flexibility index (Phi) is 3.04. The molecule has 2 rings (SSSR count). The van der Waals surface area contributed by atoms with Crippen molar-refractivity contribution in [2.24, 2.45) is 0 Å². The van der Waals surface area contributed by atoms with Crippen molar-refractivity contribution in [3.8, 4) is 6.07 Å². The maximum absolute atomic E-state index is 10.2. The summed E-state index contributed by atoms with van der Waals surface area (Å²) in [7, 11) is 0. The first-order chi connectivity index (χ1) is 7.72. The van der Waals surface area contributed by atoms with Gasteiger partial charge in [-0.15, -0.1) is 11.3 Å². The van der Waals surface area contributed by atoms with Gasteiger partial charge in [0.1, 0.15) is 6.10 Å². The molecule has 2 aromatic rings. The summed E-state index contributed by atoms with van der Waals surface area (Å²) < 4.78 is 0. The Morgan fingerprint density at radius 2 is 2.19 bits per heavy atom. The van der Waals surface area contributed by atoms with Crippen molar-refractivity contribution in [2.75, 3.05) is 0 Å². The minimum absolute atomic E-state index is 0.574. The summed E-state index contributed by atoms with van der Waals surface area (Å²) in [5.41, 5.74) is 2.25. The van der Waals surface area contributed by atoms with Gasteiger partial charge in [-0.3, -0.25) is 0 Å². The average Bonchev–Trinajstić information content (AvgIpc) is 2.74. The average molecular weight is 229 g/mol. The van der Waals surface area contributed by atoms with Crippen LogP contribution in [0.4, 0.5) is 0 Å². The molecule has 0 amide bonds. The zero-order valence-corrected chi connectivity index (χ0v) is 9.66. The highest BCUT2D eigenvalue weighted by atomic mass is 32.1. The highest BCUT2D eigenvalue weighted by molar-refractivity contribution is 7.10. The Balaban J connectivity index is 2.38. The van der Waals surface area contributed by atoms with Crippen molar-refractivity contribution < 1.29 is 5.11 Å². The van der Waals surface area contributed by atoms with Gasteiger partial charge in [0.2, 0.25) is 0 Å². The first-order valence-corrected chi connectivity index (χ1v) is 5.82. The Hall–Kier alpha value is -1.63. The number of thiophene rings is 1. The van der Waals surface area contributed by atoms with E-state index in [0.29, 0.717) is 5.56 Å². The number of hydrogen-bond donors (Lipinski definition) is 1. The van der Waals surface area contributed by atoms with Crippen LogP contribution in [-0.4, -0.2) is 5.11 Å². The van der Waals surface area contributed by atoms with Gasteiger partial charge in [0.25, 0.3) is 0 Å². The summed E-state index contributed by atoms with van der Waals surface area (Å²) in [6.45, 7) is 1.98. The number of aryl methyl sites for hydroxylation is 1. The number of aliphatic hydroxyl groups excluding tert-OH is 1.